The van der Waals surface area contributed by atoms with Gasteiger partial charge >= 0.3 is 0 Å². The van der Waals surface area contributed by atoms with Crippen LogP contribution in [0.5, 0.6) is 0 Å². The maximum atomic E-state index is 12.4. The van der Waals surface area contributed by atoms with Crippen LogP contribution in [0.4, 0.5) is 0 Å². The molecule has 0 heterocycles. The second kappa shape index (κ2) is 5.27. The van der Waals surface area contributed by atoms with E-state index in [-0.39, 0.29) is 12.6 Å². The van der Waals surface area contributed by atoms with E-state index in [1.165, 1.54) is 18.7 Å². The molecule has 0 aromatic rings. The Balaban J connectivity index is 3.00. The van der Waals surface area contributed by atoms with Crippen LogP contribution in [0.3, 0.4) is 0 Å². The van der Waals surface area contributed by atoms with E-state index < -0.39 is 20.5 Å². The van der Waals surface area contributed by atoms with Gasteiger partial charge in [0, 0.05) is 12.3 Å². The van der Waals surface area contributed by atoms with Crippen molar-refractivity contribution in [3.63, 3.8) is 0 Å². The Morgan fingerprint density at radius 3 is 2.28 bits per heavy atom. The van der Waals surface area contributed by atoms with Crippen LogP contribution < -0.4 is 0 Å². The summed E-state index contributed by atoms with van der Waals surface area (Å²) in [4.78, 5) is 13.8. The van der Waals surface area contributed by atoms with E-state index in [0.29, 0.717) is 0 Å². The molecular weight excluding hydrogens is 252 g/mol. The molecule has 0 N–H and O–H groups in total. The molecule has 5 nitrogen and oxygen atoms in total. The van der Waals surface area contributed by atoms with Gasteiger partial charge in [0.05, 0.1) is 6.07 Å². The molecule has 1 amide bonds. The predicted octanol–water partition coefficient (Wildman–Crippen LogP) is 1.10. The molecule has 0 atom stereocenters. The first-order valence-electron chi connectivity index (χ1n) is 6.09. The number of sulfone groups is 1. The molecule has 0 unspecified atom stereocenters. The largest absolute Gasteiger partial charge is 0.325 e. The summed E-state index contributed by atoms with van der Waals surface area (Å²) in [6.07, 6.45) is 4.82. The second-order valence-corrected chi connectivity index (χ2v) is 7.88. The lowest BCUT2D eigenvalue weighted by atomic mass is 10.1. The van der Waals surface area contributed by atoms with E-state index in [1.807, 2.05) is 6.07 Å². The number of carbonyl (C=O) groups is 1. The summed E-state index contributed by atoms with van der Waals surface area (Å²) in [7, 11) is -3.50. The Hall–Kier alpha value is -1.09. The molecular formula is C12H20N2O3S. The summed E-state index contributed by atoms with van der Waals surface area (Å²) in [5.41, 5.74) is 0. The third-order valence-electron chi connectivity index (χ3n) is 3.71. The number of rotatable bonds is 4. The number of carbonyl (C=O) groups excluding carboxylic acids is 1. The molecule has 0 aromatic heterocycles. The average Bonchev–Trinajstić information content (AvgIpc) is 2.76. The Kier molecular flexibility index (Phi) is 4.38. The average molecular weight is 272 g/mol. The zero-order valence-electron chi connectivity index (χ0n) is 11.1. The predicted molar refractivity (Wildman–Crippen MR) is 68.5 cm³/mol. The SMILES string of the molecule is CC(C)(C(=O)N(CC#N)C1CCCC1)S(C)(=O)=O. The maximum absolute atomic E-state index is 12.4. The molecule has 1 rings (SSSR count). The van der Waals surface area contributed by atoms with Gasteiger partial charge < -0.3 is 4.90 Å². The first-order valence-corrected chi connectivity index (χ1v) is 7.98. The first kappa shape index (κ1) is 15.0. The van der Waals surface area contributed by atoms with E-state index in [1.54, 1.807) is 0 Å². The highest BCUT2D eigenvalue weighted by Crippen LogP contribution is 2.27. The van der Waals surface area contributed by atoms with Gasteiger partial charge in [0.25, 0.3) is 0 Å². The highest BCUT2D eigenvalue weighted by molar-refractivity contribution is 7.92. The molecule has 0 bridgehead atoms. The van der Waals surface area contributed by atoms with Gasteiger partial charge in [-0.3, -0.25) is 4.79 Å². The van der Waals surface area contributed by atoms with Crippen LogP contribution in [0.25, 0.3) is 0 Å². The molecule has 18 heavy (non-hydrogen) atoms. The number of hydrogen-bond donors (Lipinski definition) is 0. The summed E-state index contributed by atoms with van der Waals surface area (Å²) in [5.74, 6) is -0.460. The van der Waals surface area contributed by atoms with Crippen molar-refractivity contribution >= 4 is 15.7 Å². The minimum atomic E-state index is -3.50. The lowest BCUT2D eigenvalue weighted by Gasteiger charge is -2.33. The fraction of sp³-hybridized carbons (Fsp3) is 0.833. The summed E-state index contributed by atoms with van der Waals surface area (Å²) >= 11 is 0. The van der Waals surface area contributed by atoms with Gasteiger partial charge in [-0.2, -0.15) is 5.26 Å². The molecule has 0 aromatic carbocycles. The minimum Gasteiger partial charge on any atom is -0.325 e. The number of nitriles is 1. The van der Waals surface area contributed by atoms with Crippen molar-refractivity contribution in [3.05, 3.63) is 0 Å². The minimum absolute atomic E-state index is 0.0122. The van der Waals surface area contributed by atoms with Gasteiger partial charge in [0.1, 0.15) is 11.3 Å². The molecule has 1 aliphatic carbocycles. The zero-order chi connectivity index (χ0) is 14.0. The Bertz CT molecular complexity index is 456. The van der Waals surface area contributed by atoms with E-state index in [2.05, 4.69) is 0 Å². The van der Waals surface area contributed by atoms with Crippen LogP contribution in [0.1, 0.15) is 39.5 Å². The van der Waals surface area contributed by atoms with Gasteiger partial charge in [-0.25, -0.2) is 8.42 Å². The highest BCUT2D eigenvalue weighted by Gasteiger charge is 2.43. The van der Waals surface area contributed by atoms with Crippen molar-refractivity contribution in [2.75, 3.05) is 12.8 Å². The van der Waals surface area contributed by atoms with Crippen molar-refractivity contribution in [1.82, 2.24) is 4.90 Å². The van der Waals surface area contributed by atoms with Crippen LogP contribution >= 0.6 is 0 Å². The van der Waals surface area contributed by atoms with Crippen LogP contribution in [0.15, 0.2) is 0 Å². The zero-order valence-corrected chi connectivity index (χ0v) is 12.0. The molecule has 1 saturated carbocycles. The van der Waals surface area contributed by atoms with Crippen molar-refractivity contribution in [2.24, 2.45) is 0 Å². The van der Waals surface area contributed by atoms with Crippen LogP contribution in [0.2, 0.25) is 0 Å². The van der Waals surface area contributed by atoms with Gasteiger partial charge in [-0.05, 0) is 26.7 Å². The Morgan fingerprint density at radius 2 is 1.89 bits per heavy atom. The van der Waals surface area contributed by atoms with Crippen molar-refractivity contribution in [3.8, 4) is 6.07 Å². The van der Waals surface area contributed by atoms with Crippen molar-refractivity contribution in [2.45, 2.75) is 50.3 Å². The standard InChI is InChI=1S/C12H20N2O3S/c1-12(2,18(3,16)17)11(15)14(9-8-13)10-6-4-5-7-10/h10H,4-7,9H2,1-3H3. The number of nitrogens with zero attached hydrogens (tertiary/aromatic N) is 2. The van der Waals surface area contributed by atoms with E-state index in [9.17, 15) is 13.2 Å². The summed E-state index contributed by atoms with van der Waals surface area (Å²) in [6, 6.07) is 1.97. The lowest BCUT2D eigenvalue weighted by Crippen LogP contribution is -2.52. The number of hydrogen-bond acceptors (Lipinski definition) is 4. The van der Waals surface area contributed by atoms with Gasteiger partial charge in [0.15, 0.2) is 9.84 Å². The number of amides is 1. The topological polar surface area (TPSA) is 78.2 Å². The third kappa shape index (κ3) is 2.83. The van der Waals surface area contributed by atoms with E-state index >= 15 is 0 Å². The molecule has 1 aliphatic rings. The molecule has 0 saturated heterocycles. The molecule has 102 valence electrons. The fourth-order valence-electron chi connectivity index (χ4n) is 2.16. The van der Waals surface area contributed by atoms with Crippen LogP contribution in [-0.2, 0) is 14.6 Å². The van der Waals surface area contributed by atoms with Gasteiger partial charge in [-0.1, -0.05) is 12.8 Å². The van der Waals surface area contributed by atoms with Crippen LogP contribution in [0, 0.1) is 11.3 Å². The van der Waals surface area contributed by atoms with Crippen molar-refractivity contribution < 1.29 is 13.2 Å². The molecule has 0 spiro atoms. The molecule has 0 radical (unpaired) electrons. The lowest BCUT2D eigenvalue weighted by molar-refractivity contribution is -0.134. The molecule has 1 fully saturated rings. The second-order valence-electron chi connectivity index (χ2n) is 5.31. The third-order valence-corrected chi connectivity index (χ3v) is 5.74. The van der Waals surface area contributed by atoms with E-state index in [0.717, 1.165) is 31.9 Å². The summed E-state index contributed by atoms with van der Waals surface area (Å²) in [6.45, 7) is 2.77. The Morgan fingerprint density at radius 1 is 1.39 bits per heavy atom. The van der Waals surface area contributed by atoms with Crippen molar-refractivity contribution in [1.29, 1.82) is 5.26 Å². The summed E-state index contributed by atoms with van der Waals surface area (Å²) in [5, 5.41) is 8.82. The van der Waals surface area contributed by atoms with Crippen LogP contribution in [-0.4, -0.2) is 42.8 Å². The van der Waals surface area contributed by atoms with E-state index in [4.69, 9.17) is 5.26 Å². The quantitative estimate of drug-likeness (QED) is 0.718. The fourth-order valence-corrected chi connectivity index (χ4v) is 2.60. The molecule has 0 aliphatic heterocycles. The smallest absolute Gasteiger partial charge is 0.244 e. The summed E-state index contributed by atoms with van der Waals surface area (Å²) < 4.78 is 21.9. The monoisotopic (exact) mass is 272 g/mol. The van der Waals surface area contributed by atoms with Gasteiger partial charge in [0.2, 0.25) is 5.91 Å². The van der Waals surface area contributed by atoms with Gasteiger partial charge in [-0.15, -0.1) is 0 Å². The highest BCUT2D eigenvalue weighted by atomic mass is 32.2. The molecule has 6 heteroatoms. The normalized spacial score (nSPS) is 17.4. The maximum Gasteiger partial charge on any atom is 0.244 e. The first-order chi connectivity index (χ1) is 8.21. The Labute approximate surface area is 109 Å².